The highest BCUT2D eigenvalue weighted by Gasteiger charge is 2.14. The number of carbonyl (C=O) groups excluding carboxylic acids is 1. The maximum Gasteiger partial charge on any atom is 0.337 e. The fraction of sp³-hybridized carbons (Fsp3) is 0.158. The van der Waals surface area contributed by atoms with Crippen molar-refractivity contribution in [1.29, 1.82) is 0 Å². The van der Waals surface area contributed by atoms with E-state index in [4.69, 9.17) is 9.84 Å². The van der Waals surface area contributed by atoms with Crippen molar-refractivity contribution >= 4 is 29.3 Å². The van der Waals surface area contributed by atoms with E-state index in [9.17, 15) is 9.59 Å². The monoisotopic (exact) mass is 338 g/mol. The summed E-state index contributed by atoms with van der Waals surface area (Å²) >= 11 is 0. The molecule has 6 nitrogen and oxygen atoms in total. The highest BCUT2D eigenvalue weighted by molar-refractivity contribution is 6.06. The number of para-hydroxylation sites is 1. The Hall–Kier alpha value is -3.28. The summed E-state index contributed by atoms with van der Waals surface area (Å²) < 4.78 is 5.59. The van der Waals surface area contributed by atoms with Crippen LogP contribution in [0, 0.1) is 0 Å². The van der Waals surface area contributed by atoms with Gasteiger partial charge in [0.05, 0.1) is 23.5 Å². The van der Waals surface area contributed by atoms with Gasteiger partial charge >= 0.3 is 5.97 Å². The molecular formula is C19H18N2O4. The third-order valence-corrected chi connectivity index (χ3v) is 3.92. The van der Waals surface area contributed by atoms with E-state index in [0.29, 0.717) is 6.61 Å². The number of benzene rings is 2. The number of fused-ring (bicyclic) bond motifs is 1. The van der Waals surface area contributed by atoms with Gasteiger partial charge in [-0.2, -0.15) is 0 Å². The van der Waals surface area contributed by atoms with Gasteiger partial charge in [0.15, 0.2) is 0 Å². The number of anilines is 2. The molecule has 0 atom stereocenters. The van der Waals surface area contributed by atoms with Gasteiger partial charge in [-0.05, 0) is 35.9 Å². The van der Waals surface area contributed by atoms with Crippen LogP contribution < -0.4 is 15.0 Å². The number of carboxylic acids is 1. The van der Waals surface area contributed by atoms with E-state index < -0.39 is 11.9 Å². The molecule has 2 aromatic rings. The molecule has 1 aliphatic heterocycles. The van der Waals surface area contributed by atoms with Crippen LogP contribution in [0.4, 0.5) is 11.4 Å². The third kappa shape index (κ3) is 3.80. The average Bonchev–Trinajstić information content (AvgIpc) is 2.61. The molecule has 1 aliphatic rings. The van der Waals surface area contributed by atoms with Crippen molar-refractivity contribution in [3.8, 4) is 5.75 Å². The van der Waals surface area contributed by atoms with E-state index >= 15 is 0 Å². The number of nitrogens with zero attached hydrogens (tertiary/aromatic N) is 1. The lowest BCUT2D eigenvalue weighted by atomic mass is 10.1. The molecule has 128 valence electrons. The van der Waals surface area contributed by atoms with E-state index in [1.807, 2.05) is 25.2 Å². The van der Waals surface area contributed by atoms with Gasteiger partial charge in [-0.3, -0.25) is 4.79 Å². The van der Waals surface area contributed by atoms with Gasteiger partial charge in [-0.25, -0.2) is 4.79 Å². The molecule has 0 spiro atoms. The predicted octanol–water partition coefficient (Wildman–Crippen LogP) is 2.87. The number of hydrogen-bond acceptors (Lipinski definition) is 4. The first-order chi connectivity index (χ1) is 12.0. The smallest absolute Gasteiger partial charge is 0.337 e. The van der Waals surface area contributed by atoms with Gasteiger partial charge in [-0.1, -0.05) is 18.2 Å². The highest BCUT2D eigenvalue weighted by atomic mass is 16.5. The minimum Gasteiger partial charge on any atom is -0.490 e. The van der Waals surface area contributed by atoms with Crippen LogP contribution in [0.25, 0.3) is 6.08 Å². The van der Waals surface area contributed by atoms with Gasteiger partial charge in [0.1, 0.15) is 12.4 Å². The third-order valence-electron chi connectivity index (χ3n) is 3.92. The van der Waals surface area contributed by atoms with E-state index in [1.54, 1.807) is 24.3 Å². The zero-order valence-corrected chi connectivity index (χ0v) is 13.7. The largest absolute Gasteiger partial charge is 0.490 e. The Bertz CT molecular complexity index is 845. The zero-order chi connectivity index (χ0) is 17.8. The Labute approximate surface area is 145 Å². The molecule has 1 amide bonds. The average molecular weight is 338 g/mol. The first kappa shape index (κ1) is 16.6. The number of aromatic carboxylic acids is 1. The molecule has 2 aromatic carbocycles. The number of carboxylic acid groups (broad SMARTS) is 1. The lowest BCUT2D eigenvalue weighted by Gasteiger charge is -2.27. The Morgan fingerprint density at radius 1 is 1.24 bits per heavy atom. The van der Waals surface area contributed by atoms with Crippen LogP contribution in [0.15, 0.2) is 48.5 Å². The normalized spacial score (nSPS) is 13.2. The van der Waals surface area contributed by atoms with Gasteiger partial charge < -0.3 is 20.1 Å². The molecule has 0 saturated heterocycles. The van der Waals surface area contributed by atoms with E-state index in [0.717, 1.165) is 23.5 Å². The quantitative estimate of drug-likeness (QED) is 0.838. The summed E-state index contributed by atoms with van der Waals surface area (Å²) in [4.78, 5) is 25.3. The highest BCUT2D eigenvalue weighted by Crippen LogP contribution is 2.31. The molecule has 0 saturated carbocycles. The summed E-state index contributed by atoms with van der Waals surface area (Å²) in [5.41, 5.74) is 2.16. The molecule has 0 aromatic heterocycles. The Morgan fingerprint density at radius 2 is 2.04 bits per heavy atom. The standard InChI is InChI=1S/C19H18N2O4/c1-21-10-11-25-17-8-6-13(12-16(17)21)7-9-18(22)20-15-5-3-2-4-14(15)19(23)24/h2-9,12H,10-11H2,1H3,(H,20,22)(H,23,24)/b9-7+. The molecule has 6 heteroatoms. The second-order valence-corrected chi connectivity index (χ2v) is 5.67. The lowest BCUT2D eigenvalue weighted by Crippen LogP contribution is -2.28. The first-order valence-corrected chi connectivity index (χ1v) is 7.84. The van der Waals surface area contributed by atoms with Crippen LogP contribution in [0.5, 0.6) is 5.75 Å². The van der Waals surface area contributed by atoms with E-state index in [1.165, 1.54) is 12.1 Å². The van der Waals surface area contributed by atoms with Gasteiger partial charge in [0, 0.05) is 13.1 Å². The lowest BCUT2D eigenvalue weighted by molar-refractivity contribution is -0.111. The van der Waals surface area contributed by atoms with E-state index in [-0.39, 0.29) is 11.3 Å². The first-order valence-electron chi connectivity index (χ1n) is 7.84. The summed E-state index contributed by atoms with van der Waals surface area (Å²) in [6, 6.07) is 12.0. The summed E-state index contributed by atoms with van der Waals surface area (Å²) in [7, 11) is 1.99. The van der Waals surface area contributed by atoms with Crippen LogP contribution in [-0.2, 0) is 4.79 Å². The molecule has 3 rings (SSSR count). The number of nitrogens with one attached hydrogen (secondary N) is 1. The topological polar surface area (TPSA) is 78.9 Å². The Kier molecular flexibility index (Phi) is 4.70. The maximum atomic E-state index is 12.1. The molecule has 25 heavy (non-hydrogen) atoms. The zero-order valence-electron chi connectivity index (χ0n) is 13.7. The molecule has 0 fully saturated rings. The number of rotatable bonds is 4. The van der Waals surface area contributed by atoms with Crippen molar-refractivity contribution in [3.63, 3.8) is 0 Å². The van der Waals surface area contributed by atoms with Crippen LogP contribution in [0.1, 0.15) is 15.9 Å². The fourth-order valence-corrected chi connectivity index (χ4v) is 2.60. The second kappa shape index (κ2) is 7.09. The van der Waals surface area contributed by atoms with Gasteiger partial charge in [0.25, 0.3) is 0 Å². The van der Waals surface area contributed by atoms with Crippen molar-refractivity contribution in [2.45, 2.75) is 0 Å². The molecule has 0 aliphatic carbocycles. The number of amides is 1. The van der Waals surface area contributed by atoms with Crippen LogP contribution in [0.2, 0.25) is 0 Å². The summed E-state index contributed by atoms with van der Waals surface area (Å²) in [6.07, 6.45) is 3.06. The Morgan fingerprint density at radius 3 is 2.84 bits per heavy atom. The fourth-order valence-electron chi connectivity index (χ4n) is 2.60. The number of carbonyl (C=O) groups is 2. The second-order valence-electron chi connectivity index (χ2n) is 5.67. The molecule has 2 N–H and O–H groups in total. The molecule has 1 heterocycles. The van der Waals surface area contributed by atoms with Crippen molar-refractivity contribution in [2.75, 3.05) is 30.4 Å². The summed E-state index contributed by atoms with van der Waals surface area (Å²) in [5, 5.41) is 11.7. The van der Waals surface area contributed by atoms with Crippen molar-refractivity contribution in [3.05, 3.63) is 59.7 Å². The number of ether oxygens (including phenoxy) is 1. The van der Waals surface area contributed by atoms with Crippen LogP contribution in [0.3, 0.4) is 0 Å². The summed E-state index contributed by atoms with van der Waals surface area (Å²) in [5.74, 6) is -0.653. The molecule has 0 unspecified atom stereocenters. The minimum atomic E-state index is -1.09. The van der Waals surface area contributed by atoms with Crippen LogP contribution >= 0.6 is 0 Å². The molecular weight excluding hydrogens is 320 g/mol. The van der Waals surface area contributed by atoms with Crippen LogP contribution in [-0.4, -0.2) is 37.2 Å². The van der Waals surface area contributed by atoms with Gasteiger partial charge in [0.2, 0.25) is 5.91 Å². The minimum absolute atomic E-state index is 0.0526. The molecule has 0 bridgehead atoms. The Balaban J connectivity index is 1.73. The number of likely N-dealkylation sites (N-methyl/N-ethyl adjacent to an activating group) is 1. The van der Waals surface area contributed by atoms with Gasteiger partial charge in [-0.15, -0.1) is 0 Å². The van der Waals surface area contributed by atoms with Crippen molar-refractivity contribution in [1.82, 2.24) is 0 Å². The maximum absolute atomic E-state index is 12.1. The van der Waals surface area contributed by atoms with Crippen molar-refractivity contribution < 1.29 is 19.4 Å². The summed E-state index contributed by atoms with van der Waals surface area (Å²) in [6.45, 7) is 1.47. The molecule has 0 radical (unpaired) electrons. The number of hydrogen-bond donors (Lipinski definition) is 2. The SMILES string of the molecule is CN1CCOc2ccc(/C=C/C(=O)Nc3ccccc3C(=O)O)cc21. The van der Waals surface area contributed by atoms with Crippen molar-refractivity contribution in [2.24, 2.45) is 0 Å². The predicted molar refractivity (Wildman–Crippen MR) is 96.3 cm³/mol. The van der Waals surface area contributed by atoms with E-state index in [2.05, 4.69) is 10.2 Å².